The minimum absolute atomic E-state index is 0.111. The van der Waals surface area contributed by atoms with E-state index in [0.717, 1.165) is 0 Å². The molecule has 0 unspecified atom stereocenters. The van der Waals surface area contributed by atoms with Crippen molar-refractivity contribution in [1.82, 2.24) is 14.4 Å². The largest absolute Gasteiger partial charge is 0.490 e. The summed E-state index contributed by atoms with van der Waals surface area (Å²) in [5, 5.41) is 3.76. The van der Waals surface area contributed by atoms with Gasteiger partial charge in [-0.25, -0.2) is 8.42 Å². The van der Waals surface area contributed by atoms with Crippen LogP contribution < -0.4 is 4.74 Å². The maximum atomic E-state index is 13.2. The lowest BCUT2D eigenvalue weighted by Crippen LogP contribution is -2.37. The first-order valence-electron chi connectivity index (χ1n) is 10.4. The Morgan fingerprint density at radius 2 is 1.90 bits per heavy atom. The molecule has 170 valence electrons. The molecule has 0 aliphatic carbocycles. The van der Waals surface area contributed by atoms with E-state index in [1.54, 1.807) is 36.9 Å². The molecule has 1 aromatic carbocycles. The highest BCUT2D eigenvalue weighted by atomic mass is 32.2. The molecule has 0 bridgehead atoms. The van der Waals surface area contributed by atoms with E-state index in [-0.39, 0.29) is 29.7 Å². The number of sulfonamides is 1. The Labute approximate surface area is 182 Å². The monoisotopic (exact) mass is 451 g/mol. The fourth-order valence-electron chi connectivity index (χ4n) is 3.60. The summed E-state index contributed by atoms with van der Waals surface area (Å²) in [6.45, 7) is 7.76. The van der Waals surface area contributed by atoms with Crippen LogP contribution in [0.4, 0.5) is 0 Å². The molecule has 2 aromatic rings. The molecule has 10 heteroatoms. The average Bonchev–Trinajstić information content (AvgIpc) is 2.95. The van der Waals surface area contributed by atoms with Crippen molar-refractivity contribution in [2.45, 2.75) is 32.1 Å². The zero-order valence-electron chi connectivity index (χ0n) is 18.2. The SMILES string of the molecule is CCOCCOc1ccccc1C(=O)N1CCCN(S(=O)(=O)c2c(C)noc2C)CC1. The molecule has 0 radical (unpaired) electrons. The van der Waals surface area contributed by atoms with Crippen LogP contribution in [0.3, 0.4) is 0 Å². The number of ether oxygens (including phenoxy) is 2. The van der Waals surface area contributed by atoms with Gasteiger partial charge in [0.15, 0.2) is 5.76 Å². The van der Waals surface area contributed by atoms with Crippen LogP contribution >= 0.6 is 0 Å². The van der Waals surface area contributed by atoms with Crippen molar-refractivity contribution in [3.8, 4) is 5.75 Å². The summed E-state index contributed by atoms with van der Waals surface area (Å²) in [6, 6.07) is 7.08. The number of hydrogen-bond acceptors (Lipinski definition) is 7. The third-order valence-electron chi connectivity index (χ3n) is 5.11. The van der Waals surface area contributed by atoms with Crippen molar-refractivity contribution in [2.24, 2.45) is 0 Å². The van der Waals surface area contributed by atoms with Crippen LogP contribution in [0, 0.1) is 13.8 Å². The van der Waals surface area contributed by atoms with E-state index in [2.05, 4.69) is 5.16 Å². The highest BCUT2D eigenvalue weighted by molar-refractivity contribution is 7.89. The van der Waals surface area contributed by atoms with Crippen LogP contribution in [-0.4, -0.2) is 74.7 Å². The number of aromatic nitrogens is 1. The normalized spacial score (nSPS) is 15.6. The first-order chi connectivity index (χ1) is 14.9. The third kappa shape index (κ3) is 5.25. The van der Waals surface area contributed by atoms with Crippen molar-refractivity contribution in [1.29, 1.82) is 0 Å². The third-order valence-corrected chi connectivity index (χ3v) is 7.26. The fraction of sp³-hybridized carbons (Fsp3) is 0.524. The van der Waals surface area contributed by atoms with Gasteiger partial charge in [0.25, 0.3) is 5.91 Å². The Morgan fingerprint density at radius 3 is 2.61 bits per heavy atom. The summed E-state index contributed by atoms with van der Waals surface area (Å²) in [4.78, 5) is 15.0. The topological polar surface area (TPSA) is 102 Å². The van der Waals surface area contributed by atoms with E-state index in [1.165, 1.54) is 4.31 Å². The van der Waals surface area contributed by atoms with E-state index >= 15 is 0 Å². The summed E-state index contributed by atoms with van der Waals surface area (Å²) in [5.41, 5.74) is 0.800. The number of carbonyl (C=O) groups excluding carboxylic acids is 1. The Bertz CT molecular complexity index is 985. The van der Waals surface area contributed by atoms with Gasteiger partial charge < -0.3 is 18.9 Å². The Morgan fingerprint density at radius 1 is 1.13 bits per heavy atom. The van der Waals surface area contributed by atoms with Gasteiger partial charge in [0.1, 0.15) is 22.9 Å². The Balaban J connectivity index is 1.71. The molecule has 0 atom stereocenters. The molecule has 0 saturated carbocycles. The molecule has 1 amide bonds. The van der Waals surface area contributed by atoms with Gasteiger partial charge in [-0.05, 0) is 39.3 Å². The summed E-state index contributed by atoms with van der Waals surface area (Å²) in [6.07, 6.45) is 0.529. The molecular formula is C21H29N3O6S. The van der Waals surface area contributed by atoms with Gasteiger partial charge in [0, 0.05) is 32.8 Å². The highest BCUT2D eigenvalue weighted by Crippen LogP contribution is 2.25. The second-order valence-electron chi connectivity index (χ2n) is 7.24. The summed E-state index contributed by atoms with van der Waals surface area (Å²) in [7, 11) is -3.74. The smallest absolute Gasteiger partial charge is 0.257 e. The minimum Gasteiger partial charge on any atom is -0.490 e. The lowest BCUT2D eigenvalue weighted by Gasteiger charge is -2.23. The first kappa shape index (κ1) is 23.2. The van der Waals surface area contributed by atoms with E-state index < -0.39 is 10.0 Å². The number of benzene rings is 1. The first-order valence-corrected chi connectivity index (χ1v) is 11.8. The van der Waals surface area contributed by atoms with Gasteiger partial charge >= 0.3 is 0 Å². The highest BCUT2D eigenvalue weighted by Gasteiger charge is 2.33. The van der Waals surface area contributed by atoms with Crippen molar-refractivity contribution in [3.05, 3.63) is 41.3 Å². The lowest BCUT2D eigenvalue weighted by atomic mass is 10.1. The van der Waals surface area contributed by atoms with E-state index in [4.69, 9.17) is 14.0 Å². The number of hydrogen-bond donors (Lipinski definition) is 0. The minimum atomic E-state index is -3.74. The molecule has 0 spiro atoms. The van der Waals surface area contributed by atoms with Crippen LogP contribution in [0.2, 0.25) is 0 Å². The number of carbonyl (C=O) groups is 1. The van der Waals surface area contributed by atoms with Crippen molar-refractivity contribution < 1.29 is 27.2 Å². The average molecular weight is 452 g/mol. The summed E-state index contributed by atoms with van der Waals surface area (Å²) < 4.78 is 43.7. The van der Waals surface area contributed by atoms with Gasteiger partial charge in [0.2, 0.25) is 10.0 Å². The standard InChI is InChI=1S/C21H29N3O6S/c1-4-28-14-15-29-19-9-6-5-8-18(19)21(25)23-10-7-11-24(13-12-23)31(26,27)20-16(2)22-30-17(20)3/h5-6,8-9H,4,7,10-15H2,1-3H3. The van der Waals surface area contributed by atoms with Crippen LogP contribution in [0.25, 0.3) is 0 Å². The second-order valence-corrected chi connectivity index (χ2v) is 9.12. The van der Waals surface area contributed by atoms with Crippen LogP contribution in [0.5, 0.6) is 5.75 Å². The predicted octanol–water partition coefficient (Wildman–Crippen LogP) is 2.24. The zero-order chi connectivity index (χ0) is 22.4. The molecule has 1 fully saturated rings. The van der Waals surface area contributed by atoms with Gasteiger partial charge in [-0.1, -0.05) is 17.3 Å². The molecule has 1 aliphatic rings. The predicted molar refractivity (Wildman–Crippen MR) is 114 cm³/mol. The van der Waals surface area contributed by atoms with Crippen LogP contribution in [0.1, 0.15) is 35.2 Å². The van der Waals surface area contributed by atoms with Gasteiger partial charge in [-0.15, -0.1) is 0 Å². The van der Waals surface area contributed by atoms with Crippen LogP contribution in [0.15, 0.2) is 33.7 Å². The van der Waals surface area contributed by atoms with Gasteiger partial charge in [0.05, 0.1) is 12.2 Å². The van der Waals surface area contributed by atoms with Crippen molar-refractivity contribution in [3.63, 3.8) is 0 Å². The van der Waals surface area contributed by atoms with E-state index in [1.807, 2.05) is 13.0 Å². The maximum Gasteiger partial charge on any atom is 0.257 e. The molecule has 9 nitrogen and oxygen atoms in total. The number of amides is 1. The molecule has 1 aromatic heterocycles. The molecule has 3 rings (SSSR count). The molecule has 1 aliphatic heterocycles. The van der Waals surface area contributed by atoms with Crippen molar-refractivity contribution in [2.75, 3.05) is 46.0 Å². The molecule has 0 N–H and O–H groups in total. The quantitative estimate of drug-likeness (QED) is 0.567. The Kier molecular flexibility index (Phi) is 7.69. The number of rotatable bonds is 8. The number of para-hydroxylation sites is 1. The second kappa shape index (κ2) is 10.3. The van der Waals surface area contributed by atoms with Gasteiger partial charge in [-0.3, -0.25) is 4.79 Å². The molecule has 31 heavy (non-hydrogen) atoms. The molecule has 2 heterocycles. The van der Waals surface area contributed by atoms with Gasteiger partial charge in [-0.2, -0.15) is 4.31 Å². The number of aryl methyl sites for hydroxylation is 2. The lowest BCUT2D eigenvalue weighted by molar-refractivity contribution is 0.0753. The zero-order valence-corrected chi connectivity index (χ0v) is 19.0. The molecular weight excluding hydrogens is 422 g/mol. The van der Waals surface area contributed by atoms with Crippen LogP contribution in [-0.2, 0) is 14.8 Å². The Hall–Kier alpha value is -2.43. The summed E-state index contributed by atoms with van der Waals surface area (Å²) >= 11 is 0. The maximum absolute atomic E-state index is 13.2. The van der Waals surface area contributed by atoms with E-state index in [0.29, 0.717) is 56.3 Å². The van der Waals surface area contributed by atoms with Crippen molar-refractivity contribution >= 4 is 15.9 Å². The molecule has 1 saturated heterocycles. The summed E-state index contributed by atoms with van der Waals surface area (Å²) in [5.74, 6) is 0.591. The van der Waals surface area contributed by atoms with E-state index in [9.17, 15) is 13.2 Å². The fourth-order valence-corrected chi connectivity index (χ4v) is 5.36. The number of nitrogens with zero attached hydrogens (tertiary/aromatic N) is 3.